The molecule has 0 bridgehead atoms. The molecule has 4 rings (SSSR count). The molecule has 4 nitrogen and oxygen atoms in total. The molecule has 2 aromatic rings. The second-order valence-electron chi connectivity index (χ2n) is 7.51. The fourth-order valence-electron chi connectivity index (χ4n) is 4.15. The van der Waals surface area contributed by atoms with Crippen molar-refractivity contribution in [1.29, 1.82) is 0 Å². The number of nitrogens with zero attached hydrogens (tertiary/aromatic N) is 1. The number of halogens is 1. The first-order valence-electron chi connectivity index (χ1n) is 9.44. The molecule has 0 N–H and O–H groups in total. The first-order chi connectivity index (χ1) is 12.9. The molecular formula is C21H24ClNO3S. The molecule has 27 heavy (non-hydrogen) atoms. The molecule has 1 spiro atoms. The van der Waals surface area contributed by atoms with Crippen molar-refractivity contribution in [2.45, 2.75) is 55.8 Å². The zero-order chi connectivity index (χ0) is 19.1. The molecule has 6 heteroatoms. The smallest absolute Gasteiger partial charge is 0.245 e. The first-order valence-corrected chi connectivity index (χ1v) is 11.3. The van der Waals surface area contributed by atoms with Crippen LogP contribution in [-0.2, 0) is 14.8 Å². The topological polar surface area (TPSA) is 46.6 Å². The fraction of sp³-hybridized carbons (Fsp3) is 0.429. The van der Waals surface area contributed by atoms with E-state index in [1.165, 1.54) is 0 Å². The lowest BCUT2D eigenvalue weighted by Crippen LogP contribution is -2.49. The Morgan fingerprint density at radius 2 is 1.63 bits per heavy atom. The molecule has 1 unspecified atom stereocenters. The summed E-state index contributed by atoms with van der Waals surface area (Å²) in [5.74, 6) is 0. The molecule has 1 heterocycles. The van der Waals surface area contributed by atoms with Gasteiger partial charge in [-0.1, -0.05) is 47.9 Å². The molecule has 1 atom stereocenters. The van der Waals surface area contributed by atoms with Crippen molar-refractivity contribution >= 4 is 21.6 Å². The Morgan fingerprint density at radius 3 is 2.26 bits per heavy atom. The predicted molar refractivity (Wildman–Crippen MR) is 106 cm³/mol. The number of aryl methyl sites for hydroxylation is 1. The van der Waals surface area contributed by atoms with Gasteiger partial charge in [-0.3, -0.25) is 0 Å². The molecule has 0 aromatic heterocycles. The SMILES string of the molecule is Cc1ccc(S(=O)(=O)N2CC(c3ccc(Cl)cc3)OC23CCCCC3)cc1. The summed E-state index contributed by atoms with van der Waals surface area (Å²) in [6, 6.07) is 14.6. The van der Waals surface area contributed by atoms with E-state index in [1.54, 1.807) is 16.4 Å². The van der Waals surface area contributed by atoms with E-state index in [0.29, 0.717) is 16.5 Å². The number of benzene rings is 2. The zero-order valence-corrected chi connectivity index (χ0v) is 17.0. The summed E-state index contributed by atoms with van der Waals surface area (Å²) in [6.07, 6.45) is 4.28. The van der Waals surface area contributed by atoms with Crippen LogP contribution in [0.2, 0.25) is 5.02 Å². The molecule has 1 saturated carbocycles. The van der Waals surface area contributed by atoms with Crippen LogP contribution >= 0.6 is 11.6 Å². The average molecular weight is 406 g/mol. The van der Waals surface area contributed by atoms with E-state index in [1.807, 2.05) is 43.3 Å². The maximum absolute atomic E-state index is 13.5. The third-order valence-corrected chi connectivity index (χ3v) is 7.82. The Bertz CT molecular complexity index is 903. The van der Waals surface area contributed by atoms with Gasteiger partial charge in [0.2, 0.25) is 10.0 Å². The Balaban J connectivity index is 1.72. The summed E-state index contributed by atoms with van der Waals surface area (Å²) < 4.78 is 35.0. The maximum atomic E-state index is 13.5. The van der Waals surface area contributed by atoms with Gasteiger partial charge in [0.1, 0.15) is 5.72 Å². The highest BCUT2D eigenvalue weighted by atomic mass is 35.5. The number of rotatable bonds is 3. The van der Waals surface area contributed by atoms with Crippen LogP contribution in [0.1, 0.15) is 49.3 Å². The van der Waals surface area contributed by atoms with E-state index in [-0.39, 0.29) is 6.10 Å². The lowest BCUT2D eigenvalue weighted by atomic mass is 9.92. The molecule has 1 saturated heterocycles. The molecule has 1 aliphatic heterocycles. The summed E-state index contributed by atoms with van der Waals surface area (Å²) in [7, 11) is -3.63. The Kier molecular flexibility index (Phi) is 5.06. The van der Waals surface area contributed by atoms with Crippen LogP contribution in [0.25, 0.3) is 0 Å². The van der Waals surface area contributed by atoms with E-state index in [4.69, 9.17) is 16.3 Å². The number of hydrogen-bond donors (Lipinski definition) is 0. The highest BCUT2D eigenvalue weighted by Gasteiger charge is 2.53. The summed E-state index contributed by atoms with van der Waals surface area (Å²) >= 11 is 6.01. The lowest BCUT2D eigenvalue weighted by Gasteiger charge is -2.39. The summed E-state index contributed by atoms with van der Waals surface area (Å²) in [5.41, 5.74) is 1.26. The summed E-state index contributed by atoms with van der Waals surface area (Å²) in [5, 5.41) is 0.660. The van der Waals surface area contributed by atoms with Crippen molar-refractivity contribution in [2.75, 3.05) is 6.54 Å². The molecule has 2 aromatic carbocycles. The van der Waals surface area contributed by atoms with Crippen molar-refractivity contribution in [3.8, 4) is 0 Å². The maximum Gasteiger partial charge on any atom is 0.245 e. The normalized spacial score (nSPS) is 23.0. The molecule has 2 aliphatic rings. The van der Waals surface area contributed by atoms with Gasteiger partial charge in [0, 0.05) is 11.6 Å². The van der Waals surface area contributed by atoms with Gasteiger partial charge in [0.25, 0.3) is 0 Å². The van der Waals surface area contributed by atoms with Crippen LogP contribution in [0.3, 0.4) is 0 Å². The molecular weight excluding hydrogens is 382 g/mol. The van der Waals surface area contributed by atoms with Crippen LogP contribution in [0.4, 0.5) is 0 Å². The van der Waals surface area contributed by atoms with Gasteiger partial charge in [-0.25, -0.2) is 8.42 Å². The van der Waals surface area contributed by atoms with Crippen LogP contribution in [0.5, 0.6) is 0 Å². The van der Waals surface area contributed by atoms with Gasteiger partial charge in [0.05, 0.1) is 11.0 Å². The van der Waals surface area contributed by atoms with Crippen LogP contribution in [0.15, 0.2) is 53.4 Å². The fourth-order valence-corrected chi connectivity index (χ4v) is 6.01. The van der Waals surface area contributed by atoms with Crippen molar-refractivity contribution in [1.82, 2.24) is 4.31 Å². The minimum absolute atomic E-state index is 0.277. The van der Waals surface area contributed by atoms with Crippen molar-refractivity contribution < 1.29 is 13.2 Å². The highest BCUT2D eigenvalue weighted by molar-refractivity contribution is 7.89. The minimum atomic E-state index is -3.63. The lowest BCUT2D eigenvalue weighted by molar-refractivity contribution is -0.103. The molecule has 144 valence electrons. The molecule has 0 amide bonds. The predicted octanol–water partition coefficient (Wildman–Crippen LogP) is 5.07. The van der Waals surface area contributed by atoms with Gasteiger partial charge in [-0.15, -0.1) is 0 Å². The Morgan fingerprint density at radius 1 is 1.00 bits per heavy atom. The number of sulfonamides is 1. The van der Waals surface area contributed by atoms with Gasteiger partial charge >= 0.3 is 0 Å². The Hall–Kier alpha value is -1.40. The molecule has 2 fully saturated rings. The minimum Gasteiger partial charge on any atom is -0.350 e. The van der Waals surface area contributed by atoms with Crippen molar-refractivity contribution in [2.24, 2.45) is 0 Å². The second-order valence-corrected chi connectivity index (χ2v) is 9.81. The van der Waals surface area contributed by atoms with E-state index >= 15 is 0 Å². The summed E-state index contributed by atoms with van der Waals surface area (Å²) in [4.78, 5) is 0.332. The van der Waals surface area contributed by atoms with E-state index < -0.39 is 15.7 Å². The third kappa shape index (κ3) is 3.54. The molecule has 0 radical (unpaired) electrons. The largest absolute Gasteiger partial charge is 0.350 e. The van der Waals surface area contributed by atoms with Gasteiger partial charge in [0.15, 0.2) is 0 Å². The Labute approximate surface area is 166 Å². The van der Waals surface area contributed by atoms with Crippen LogP contribution in [0, 0.1) is 6.92 Å². The highest BCUT2D eigenvalue weighted by Crippen LogP contribution is 2.47. The molecule has 1 aliphatic carbocycles. The third-order valence-electron chi connectivity index (χ3n) is 5.63. The number of ether oxygens (including phenoxy) is 1. The van der Waals surface area contributed by atoms with Crippen LogP contribution < -0.4 is 0 Å². The standard InChI is InChI=1S/C21H24ClNO3S/c1-16-5-11-19(12-6-16)27(24,25)23-15-20(17-7-9-18(22)10-8-17)26-21(23)13-3-2-4-14-21/h5-12,20H,2-4,13-15H2,1H3. The number of hydrogen-bond acceptors (Lipinski definition) is 3. The van der Waals surface area contributed by atoms with Gasteiger partial charge in [-0.2, -0.15) is 4.31 Å². The van der Waals surface area contributed by atoms with E-state index in [0.717, 1.165) is 43.2 Å². The zero-order valence-electron chi connectivity index (χ0n) is 15.4. The monoisotopic (exact) mass is 405 g/mol. The first kappa shape index (κ1) is 18.9. The van der Waals surface area contributed by atoms with E-state index in [2.05, 4.69) is 0 Å². The average Bonchev–Trinajstić information content (AvgIpc) is 3.03. The summed E-state index contributed by atoms with van der Waals surface area (Å²) in [6.45, 7) is 2.28. The van der Waals surface area contributed by atoms with Gasteiger partial charge < -0.3 is 4.74 Å². The van der Waals surface area contributed by atoms with Crippen molar-refractivity contribution in [3.63, 3.8) is 0 Å². The van der Waals surface area contributed by atoms with Crippen molar-refractivity contribution in [3.05, 3.63) is 64.7 Å². The van der Waals surface area contributed by atoms with Crippen LogP contribution in [-0.4, -0.2) is 25.0 Å². The quantitative estimate of drug-likeness (QED) is 0.716. The van der Waals surface area contributed by atoms with E-state index in [9.17, 15) is 8.42 Å². The van der Waals surface area contributed by atoms with Gasteiger partial charge in [-0.05, 0) is 62.4 Å². The second kappa shape index (κ2) is 7.21.